The van der Waals surface area contributed by atoms with Gasteiger partial charge < -0.3 is 9.73 Å². The fourth-order valence-corrected chi connectivity index (χ4v) is 5.30. The summed E-state index contributed by atoms with van der Waals surface area (Å²) in [6, 6.07) is 14.6. The smallest absolute Gasteiger partial charge is 0.240 e. The number of carbonyl (C=O) groups excluding carboxylic acids is 1. The number of carbonyl (C=O) groups is 1. The number of nitrogens with one attached hydrogen (secondary N) is 2. The molecule has 178 valence electrons. The van der Waals surface area contributed by atoms with Crippen molar-refractivity contribution in [3.05, 3.63) is 59.3 Å². The van der Waals surface area contributed by atoms with Crippen molar-refractivity contribution < 1.29 is 17.6 Å². The highest BCUT2D eigenvalue weighted by Crippen LogP contribution is 2.34. The van der Waals surface area contributed by atoms with Crippen LogP contribution in [0.5, 0.6) is 0 Å². The van der Waals surface area contributed by atoms with Crippen LogP contribution in [0.15, 0.2) is 51.8 Å². The normalized spacial score (nSPS) is 14.5. The van der Waals surface area contributed by atoms with E-state index in [-0.39, 0.29) is 23.1 Å². The third-order valence-electron chi connectivity index (χ3n) is 5.67. The summed E-state index contributed by atoms with van der Waals surface area (Å²) in [4.78, 5) is 16.9. The molecule has 2 heterocycles. The summed E-state index contributed by atoms with van der Waals surface area (Å²) in [6.45, 7) is 0. The maximum absolute atomic E-state index is 12.1. The summed E-state index contributed by atoms with van der Waals surface area (Å²) in [6.07, 6.45) is 1.58. The molecule has 4 aromatic rings. The van der Waals surface area contributed by atoms with E-state index in [1.165, 1.54) is 18.4 Å². The molecule has 0 atom stereocenters. The van der Waals surface area contributed by atoms with Crippen molar-refractivity contribution in [1.29, 1.82) is 5.26 Å². The number of nitrogens with zero attached hydrogens (tertiary/aromatic N) is 4. The second kappa shape index (κ2) is 8.84. The predicted octanol–water partition coefficient (Wildman–Crippen LogP) is 2.56. The maximum atomic E-state index is 12.1. The van der Waals surface area contributed by atoms with Gasteiger partial charge in [0.1, 0.15) is 17.0 Å². The first kappa shape index (κ1) is 23.1. The summed E-state index contributed by atoms with van der Waals surface area (Å²) in [7, 11) is -2.10. The molecule has 0 unspecified atom stereocenters. The molecule has 0 saturated heterocycles. The van der Waals surface area contributed by atoms with Crippen LogP contribution in [0.25, 0.3) is 21.3 Å². The van der Waals surface area contributed by atoms with Crippen LogP contribution in [0.3, 0.4) is 0 Å². The molecule has 12 heteroatoms. The number of sulfonamides is 1. The molecular formula is C23H20N6O4S2. The van der Waals surface area contributed by atoms with E-state index in [0.29, 0.717) is 25.2 Å². The molecule has 35 heavy (non-hydrogen) atoms. The maximum Gasteiger partial charge on any atom is 0.240 e. The van der Waals surface area contributed by atoms with E-state index >= 15 is 0 Å². The van der Waals surface area contributed by atoms with Gasteiger partial charge in [-0.2, -0.15) is 5.26 Å². The topological polar surface area (TPSA) is 151 Å². The van der Waals surface area contributed by atoms with Crippen molar-refractivity contribution in [3.8, 4) is 17.2 Å². The van der Waals surface area contributed by atoms with Crippen molar-refractivity contribution in [3.63, 3.8) is 0 Å². The summed E-state index contributed by atoms with van der Waals surface area (Å²) < 4.78 is 32.8. The Bertz CT molecular complexity index is 1560. The van der Waals surface area contributed by atoms with Crippen molar-refractivity contribution in [2.24, 2.45) is 0 Å². The van der Waals surface area contributed by atoms with E-state index in [0.717, 1.165) is 26.4 Å². The average molecular weight is 509 g/mol. The first-order chi connectivity index (χ1) is 16.8. The summed E-state index contributed by atoms with van der Waals surface area (Å²) in [5.74, 6) is 0.233. The molecular weight excluding hydrogens is 488 g/mol. The molecule has 1 amide bonds. The molecule has 2 N–H and O–H groups in total. The molecule has 5 rings (SSSR count). The quantitative estimate of drug-likeness (QED) is 0.368. The first-order valence-electron chi connectivity index (χ1n) is 10.8. The SMILES string of the molecule is CNS(=O)(=O)c1ccc(-c2ccc3nc(Cc4nnc(CC(=O)NC5(C#N)CC5)o4)sc3c2)cc1. The van der Waals surface area contributed by atoms with Gasteiger partial charge in [-0.05, 0) is 55.3 Å². The number of fused-ring (bicyclic) bond motifs is 1. The number of hydrogen-bond acceptors (Lipinski definition) is 9. The Morgan fingerprint density at radius 2 is 1.86 bits per heavy atom. The highest BCUT2D eigenvalue weighted by atomic mass is 32.2. The summed E-state index contributed by atoms with van der Waals surface area (Å²) in [5.41, 5.74) is 1.93. The fourth-order valence-electron chi connectivity index (χ4n) is 3.57. The highest BCUT2D eigenvalue weighted by molar-refractivity contribution is 7.89. The lowest BCUT2D eigenvalue weighted by atomic mass is 10.1. The third-order valence-corrected chi connectivity index (χ3v) is 8.11. The number of rotatable bonds is 8. The van der Waals surface area contributed by atoms with Crippen molar-refractivity contribution in [2.45, 2.75) is 36.1 Å². The Kier molecular flexibility index (Phi) is 5.84. The number of nitriles is 1. The molecule has 1 saturated carbocycles. The van der Waals surface area contributed by atoms with Crippen LogP contribution in [-0.4, -0.2) is 42.1 Å². The minimum atomic E-state index is -3.48. The Morgan fingerprint density at radius 3 is 2.54 bits per heavy atom. The second-order valence-electron chi connectivity index (χ2n) is 8.21. The van der Waals surface area contributed by atoms with Gasteiger partial charge in [-0.1, -0.05) is 18.2 Å². The Labute approximate surface area is 205 Å². The van der Waals surface area contributed by atoms with E-state index in [9.17, 15) is 13.2 Å². The van der Waals surface area contributed by atoms with Crippen LogP contribution >= 0.6 is 11.3 Å². The molecule has 2 aromatic carbocycles. The zero-order chi connectivity index (χ0) is 24.6. The molecule has 10 nitrogen and oxygen atoms in total. The minimum absolute atomic E-state index is 0.0754. The lowest BCUT2D eigenvalue weighted by molar-refractivity contribution is -0.121. The van der Waals surface area contributed by atoms with Gasteiger partial charge in [0.15, 0.2) is 0 Å². The number of amides is 1. The summed E-state index contributed by atoms with van der Waals surface area (Å²) in [5, 5.41) is 20.5. The van der Waals surface area contributed by atoms with Crippen LogP contribution < -0.4 is 10.0 Å². The lowest BCUT2D eigenvalue weighted by Gasteiger charge is -2.06. The zero-order valence-electron chi connectivity index (χ0n) is 18.6. The number of aromatic nitrogens is 3. The Hall–Kier alpha value is -3.66. The number of benzene rings is 2. The van der Waals surface area contributed by atoms with Crippen LogP contribution in [0.4, 0.5) is 0 Å². The molecule has 2 aromatic heterocycles. The number of thiazole rings is 1. The Balaban J connectivity index is 1.28. The molecule has 1 aliphatic carbocycles. The molecule has 0 bridgehead atoms. The summed E-state index contributed by atoms with van der Waals surface area (Å²) >= 11 is 1.49. The molecule has 1 fully saturated rings. The van der Waals surface area contributed by atoms with E-state index < -0.39 is 15.6 Å². The second-order valence-corrected chi connectivity index (χ2v) is 11.2. The van der Waals surface area contributed by atoms with Gasteiger partial charge in [-0.25, -0.2) is 18.1 Å². The van der Waals surface area contributed by atoms with E-state index in [1.807, 2.05) is 18.2 Å². The largest absolute Gasteiger partial charge is 0.424 e. The molecule has 0 spiro atoms. The fraction of sp³-hybridized carbons (Fsp3) is 0.261. The van der Waals surface area contributed by atoms with Gasteiger partial charge in [0.25, 0.3) is 0 Å². The minimum Gasteiger partial charge on any atom is -0.424 e. The Morgan fingerprint density at radius 1 is 1.14 bits per heavy atom. The van der Waals surface area contributed by atoms with Crippen LogP contribution in [0, 0.1) is 11.3 Å². The molecule has 0 radical (unpaired) electrons. The van der Waals surface area contributed by atoms with Gasteiger partial charge in [0.05, 0.1) is 27.6 Å². The van der Waals surface area contributed by atoms with Crippen molar-refractivity contribution in [2.75, 3.05) is 7.05 Å². The first-order valence-corrected chi connectivity index (χ1v) is 13.1. The van der Waals surface area contributed by atoms with E-state index in [2.05, 4.69) is 31.3 Å². The van der Waals surface area contributed by atoms with Gasteiger partial charge >= 0.3 is 0 Å². The van der Waals surface area contributed by atoms with Gasteiger partial charge in [0.2, 0.25) is 27.7 Å². The van der Waals surface area contributed by atoms with Crippen LogP contribution in [0.1, 0.15) is 29.6 Å². The zero-order valence-corrected chi connectivity index (χ0v) is 20.2. The van der Waals surface area contributed by atoms with E-state index in [1.54, 1.807) is 24.3 Å². The third kappa shape index (κ3) is 4.93. The van der Waals surface area contributed by atoms with Gasteiger partial charge in [0, 0.05) is 0 Å². The molecule has 1 aliphatic rings. The van der Waals surface area contributed by atoms with Gasteiger partial charge in [-0.3, -0.25) is 4.79 Å². The van der Waals surface area contributed by atoms with Crippen LogP contribution in [0.2, 0.25) is 0 Å². The monoisotopic (exact) mass is 508 g/mol. The molecule has 0 aliphatic heterocycles. The average Bonchev–Trinajstić information content (AvgIpc) is 3.29. The van der Waals surface area contributed by atoms with Gasteiger partial charge in [-0.15, -0.1) is 21.5 Å². The van der Waals surface area contributed by atoms with E-state index in [4.69, 9.17) is 9.68 Å². The standard InChI is InChI=1S/C23H20N6O4S2/c1-25-35(31,32)16-5-2-14(3-6-16)15-4-7-17-18(10-15)34-22(26-17)12-21-29-28-20(33-21)11-19(30)27-23(13-24)8-9-23/h2-7,10,25H,8-9,11-12H2,1H3,(H,27,30). The van der Waals surface area contributed by atoms with Crippen molar-refractivity contribution in [1.82, 2.24) is 25.2 Å². The van der Waals surface area contributed by atoms with Crippen LogP contribution in [-0.2, 0) is 27.7 Å². The number of hydrogen-bond donors (Lipinski definition) is 2. The predicted molar refractivity (Wildman–Crippen MR) is 128 cm³/mol. The lowest BCUT2D eigenvalue weighted by Crippen LogP contribution is -2.36. The van der Waals surface area contributed by atoms with Crippen molar-refractivity contribution >= 4 is 37.5 Å². The highest BCUT2D eigenvalue weighted by Gasteiger charge is 2.44.